The molecule has 6 rings (SSSR count). The van der Waals surface area contributed by atoms with Gasteiger partial charge in [0.2, 0.25) is 5.88 Å². The van der Waals surface area contributed by atoms with Crippen LogP contribution in [0, 0.1) is 5.92 Å². The molecule has 0 amide bonds. The summed E-state index contributed by atoms with van der Waals surface area (Å²) in [6.07, 6.45) is 5.93. The molecule has 2 heterocycles. The summed E-state index contributed by atoms with van der Waals surface area (Å²) in [6.45, 7) is 2.42. The summed E-state index contributed by atoms with van der Waals surface area (Å²) in [5.74, 6) is 1.30. The van der Waals surface area contributed by atoms with E-state index in [-0.39, 0.29) is 17.6 Å². The molecule has 41 heavy (non-hydrogen) atoms. The molecule has 2 aromatic heterocycles. The lowest BCUT2D eigenvalue weighted by atomic mass is 9.87. The van der Waals surface area contributed by atoms with Crippen LogP contribution in [0.1, 0.15) is 51.0 Å². The van der Waals surface area contributed by atoms with Gasteiger partial charge in [-0.1, -0.05) is 23.2 Å². The number of aliphatic carboxylic acids is 1. The zero-order valence-electron chi connectivity index (χ0n) is 22.8. The summed E-state index contributed by atoms with van der Waals surface area (Å²) in [6, 6.07) is 11.0. The number of hydrogen-bond donors (Lipinski definition) is 1. The van der Waals surface area contributed by atoms with Crippen molar-refractivity contribution in [2.24, 2.45) is 5.92 Å². The molecule has 2 fully saturated rings. The van der Waals surface area contributed by atoms with Crippen molar-refractivity contribution in [3.05, 3.63) is 58.3 Å². The first-order valence-corrected chi connectivity index (χ1v) is 14.4. The van der Waals surface area contributed by atoms with E-state index in [0.29, 0.717) is 82.2 Å². The minimum absolute atomic E-state index is 0.0499. The second-order valence-corrected chi connectivity index (χ2v) is 11.8. The lowest BCUT2D eigenvalue weighted by Crippen LogP contribution is -2.27. The lowest BCUT2D eigenvalue weighted by molar-refractivity contribution is -0.143. The van der Waals surface area contributed by atoms with Crippen molar-refractivity contribution in [1.82, 2.24) is 19.5 Å². The van der Waals surface area contributed by atoms with Gasteiger partial charge in [0.25, 0.3) is 0 Å². The van der Waals surface area contributed by atoms with Gasteiger partial charge in [0.1, 0.15) is 29.3 Å². The average molecular weight is 597 g/mol. The summed E-state index contributed by atoms with van der Waals surface area (Å²) in [5, 5.41) is 10.3. The van der Waals surface area contributed by atoms with Crippen LogP contribution < -0.4 is 14.2 Å². The molecule has 1 N–H and O–H groups in total. The number of benzene rings is 2. The molecule has 0 saturated heterocycles. The smallest absolute Gasteiger partial charge is 0.306 e. The first kappa shape index (κ1) is 27.6. The largest absolute Gasteiger partial charge is 0.496 e. The van der Waals surface area contributed by atoms with Crippen LogP contribution in [0.25, 0.3) is 22.6 Å². The molecule has 9 nitrogen and oxygen atoms in total. The summed E-state index contributed by atoms with van der Waals surface area (Å²) in [7, 11) is 1.62. The molecule has 11 heteroatoms. The lowest BCUT2D eigenvalue weighted by Gasteiger charge is -2.27. The molecule has 0 spiro atoms. The summed E-state index contributed by atoms with van der Waals surface area (Å²) >= 11 is 13.2. The van der Waals surface area contributed by atoms with E-state index in [0.717, 1.165) is 18.4 Å². The molecule has 4 aromatic rings. The normalized spacial score (nSPS) is 19.6. The number of carbonyl (C=O) groups is 1. The minimum Gasteiger partial charge on any atom is -0.496 e. The third-order valence-corrected chi connectivity index (χ3v) is 8.42. The number of carboxylic acids is 1. The zero-order chi connectivity index (χ0) is 28.7. The highest BCUT2D eigenvalue weighted by Crippen LogP contribution is 2.42. The molecular weight excluding hydrogens is 567 g/mol. The number of rotatable bonds is 9. The number of ether oxygens (including phenoxy) is 3. The average Bonchev–Trinajstić information content (AvgIpc) is 3.57. The molecule has 0 aliphatic heterocycles. The van der Waals surface area contributed by atoms with Crippen LogP contribution in [0.5, 0.6) is 17.4 Å². The Labute approximate surface area is 247 Å². The van der Waals surface area contributed by atoms with Crippen LogP contribution >= 0.6 is 23.2 Å². The third kappa shape index (κ3) is 5.78. The van der Waals surface area contributed by atoms with Gasteiger partial charge < -0.3 is 23.9 Å². The predicted molar refractivity (Wildman–Crippen MR) is 155 cm³/mol. The van der Waals surface area contributed by atoms with Gasteiger partial charge in [-0.15, -0.1) is 0 Å². The first-order valence-electron chi connectivity index (χ1n) is 13.6. The molecule has 0 atom stereocenters. The fraction of sp³-hybridized carbons (Fsp3) is 0.400. The molecule has 0 bridgehead atoms. The molecule has 0 radical (unpaired) electrons. The predicted octanol–water partition coefficient (Wildman–Crippen LogP) is 6.81. The van der Waals surface area contributed by atoms with E-state index in [2.05, 4.69) is 16.9 Å². The molecular formula is C30H30Cl2N4O5. The second kappa shape index (κ2) is 11.0. The second-order valence-electron chi connectivity index (χ2n) is 11.0. The Morgan fingerprint density at radius 3 is 2.56 bits per heavy atom. The highest BCUT2D eigenvalue weighted by molar-refractivity contribution is 6.33. The zero-order valence-corrected chi connectivity index (χ0v) is 24.3. The minimum atomic E-state index is -0.737. The van der Waals surface area contributed by atoms with E-state index in [9.17, 15) is 9.90 Å². The molecule has 0 unspecified atom stereocenters. The van der Waals surface area contributed by atoms with Gasteiger partial charge in [-0.2, -0.15) is 4.98 Å². The molecule has 2 saturated carbocycles. The Morgan fingerprint density at radius 2 is 1.88 bits per heavy atom. The summed E-state index contributed by atoms with van der Waals surface area (Å²) in [4.78, 5) is 25.2. The molecule has 2 aromatic carbocycles. The molecule has 214 valence electrons. The van der Waals surface area contributed by atoms with Crippen molar-refractivity contribution >= 4 is 40.3 Å². The maximum Gasteiger partial charge on any atom is 0.306 e. The van der Waals surface area contributed by atoms with Crippen molar-refractivity contribution < 1.29 is 24.1 Å². The van der Waals surface area contributed by atoms with Crippen LogP contribution in [0.2, 0.25) is 10.0 Å². The Bertz CT molecular complexity index is 1610. The van der Waals surface area contributed by atoms with Gasteiger partial charge >= 0.3 is 5.97 Å². The van der Waals surface area contributed by atoms with E-state index >= 15 is 0 Å². The van der Waals surface area contributed by atoms with Crippen LogP contribution in [-0.4, -0.2) is 49.4 Å². The number of carboxylic acid groups (broad SMARTS) is 1. The van der Waals surface area contributed by atoms with Gasteiger partial charge in [-0.25, -0.2) is 9.97 Å². The number of nitrogens with zero attached hydrogens (tertiary/aromatic N) is 4. The van der Waals surface area contributed by atoms with Crippen molar-refractivity contribution in [2.75, 3.05) is 7.11 Å². The van der Waals surface area contributed by atoms with E-state index in [1.54, 1.807) is 19.2 Å². The number of imidazole rings is 1. The third-order valence-electron chi connectivity index (χ3n) is 7.87. The molecule has 2 aliphatic rings. The summed E-state index contributed by atoms with van der Waals surface area (Å²) < 4.78 is 20.0. The van der Waals surface area contributed by atoms with Crippen LogP contribution in [0.3, 0.4) is 0 Å². The first-order chi connectivity index (χ1) is 19.7. The van der Waals surface area contributed by atoms with Crippen molar-refractivity contribution in [3.8, 4) is 28.8 Å². The van der Waals surface area contributed by atoms with E-state index in [4.69, 9.17) is 42.4 Å². The standard InChI is InChI=1S/C30H30Cl2N4O5/c1-30(11-12-30)41-28-25-27(33-16-34-28)36(15-18-13-19(31)5-10-24(18)39-2)26(35-25)22-9-8-21(14-23(22)32)40-20-6-3-17(4-7-20)29(37)38/h5,8-10,13-14,16-17,20H,3-4,6-7,11-12,15H2,1-2H3,(H,37,38). The number of halogens is 2. The highest BCUT2D eigenvalue weighted by atomic mass is 35.5. The number of aromatic nitrogens is 4. The van der Waals surface area contributed by atoms with Gasteiger partial charge in [-0.05, 0) is 81.8 Å². The topological polar surface area (TPSA) is 109 Å². The van der Waals surface area contributed by atoms with Gasteiger partial charge in [0.05, 0.1) is 30.7 Å². The Kier molecular flexibility index (Phi) is 7.42. The number of fused-ring (bicyclic) bond motifs is 1. The monoisotopic (exact) mass is 596 g/mol. The Balaban J connectivity index is 1.37. The van der Waals surface area contributed by atoms with Gasteiger partial charge in [0, 0.05) is 16.1 Å². The molecule has 2 aliphatic carbocycles. The van der Waals surface area contributed by atoms with E-state index in [1.807, 2.05) is 28.8 Å². The van der Waals surface area contributed by atoms with Gasteiger partial charge in [0.15, 0.2) is 11.2 Å². The maximum absolute atomic E-state index is 11.3. The number of hydrogen-bond acceptors (Lipinski definition) is 7. The SMILES string of the molecule is COc1ccc(Cl)cc1Cn1c(-c2ccc(OC3CCC(C(=O)O)CC3)cc2Cl)nc2c(OC3(C)CC3)ncnc21. The fourth-order valence-electron chi connectivity index (χ4n) is 5.27. The number of methoxy groups -OCH3 is 1. The maximum atomic E-state index is 11.3. The van der Waals surface area contributed by atoms with E-state index in [1.165, 1.54) is 6.33 Å². The van der Waals surface area contributed by atoms with Gasteiger partial charge in [-0.3, -0.25) is 4.79 Å². The van der Waals surface area contributed by atoms with Crippen molar-refractivity contribution in [2.45, 2.75) is 63.7 Å². The highest BCUT2D eigenvalue weighted by Gasteiger charge is 2.41. The Hall–Kier alpha value is -3.56. The van der Waals surface area contributed by atoms with Crippen LogP contribution in [0.4, 0.5) is 0 Å². The van der Waals surface area contributed by atoms with Crippen LogP contribution in [0.15, 0.2) is 42.7 Å². The van der Waals surface area contributed by atoms with Crippen molar-refractivity contribution in [3.63, 3.8) is 0 Å². The summed E-state index contributed by atoms with van der Waals surface area (Å²) in [5.41, 5.74) is 2.44. The van der Waals surface area contributed by atoms with E-state index < -0.39 is 5.97 Å². The van der Waals surface area contributed by atoms with Crippen LogP contribution in [-0.2, 0) is 11.3 Å². The quantitative estimate of drug-likeness (QED) is 0.224. The fourth-order valence-corrected chi connectivity index (χ4v) is 5.72. The van der Waals surface area contributed by atoms with Crippen molar-refractivity contribution in [1.29, 1.82) is 0 Å². The Morgan fingerprint density at radius 1 is 1.10 bits per heavy atom.